The second-order valence-electron chi connectivity index (χ2n) is 6.50. The third-order valence-electron chi connectivity index (χ3n) is 4.30. The van der Waals surface area contributed by atoms with Crippen molar-refractivity contribution < 1.29 is 19.1 Å². The molecule has 0 bridgehead atoms. The van der Waals surface area contributed by atoms with Gasteiger partial charge in [-0.15, -0.1) is 0 Å². The number of aromatic nitrogens is 2. The van der Waals surface area contributed by atoms with Crippen molar-refractivity contribution in [1.82, 2.24) is 9.97 Å². The zero-order valence-corrected chi connectivity index (χ0v) is 18.6. The number of rotatable bonds is 9. The molecule has 1 aromatic heterocycles. The predicted molar refractivity (Wildman–Crippen MR) is 124 cm³/mol. The number of para-hydroxylation sites is 2. The average Bonchev–Trinajstić information content (AvgIpc) is 2.79. The third kappa shape index (κ3) is 5.76. The Bertz CT molecular complexity index is 1080. The number of benzene rings is 2. The summed E-state index contributed by atoms with van der Waals surface area (Å²) in [5, 5.41) is 2.52. The Morgan fingerprint density at radius 1 is 1.06 bits per heavy atom. The molecule has 0 saturated heterocycles. The SMILES string of the molecule is CCOC(=O)c1cnc(SC(C(=O)Nc2ccccc2OCC)c2ccccc2)nc1N. The number of hydrogen-bond donors (Lipinski definition) is 2. The molecule has 0 aliphatic carbocycles. The van der Waals surface area contributed by atoms with Gasteiger partial charge in [-0.05, 0) is 31.5 Å². The molecular weight excluding hydrogens is 428 g/mol. The maximum absolute atomic E-state index is 13.3. The lowest BCUT2D eigenvalue weighted by Gasteiger charge is -2.18. The fourth-order valence-corrected chi connectivity index (χ4v) is 3.79. The van der Waals surface area contributed by atoms with E-state index in [-0.39, 0.29) is 29.1 Å². The van der Waals surface area contributed by atoms with Crippen LogP contribution in [-0.2, 0) is 9.53 Å². The molecule has 0 spiro atoms. The van der Waals surface area contributed by atoms with Crippen LogP contribution in [0.2, 0.25) is 0 Å². The Morgan fingerprint density at radius 3 is 2.47 bits per heavy atom. The highest BCUT2D eigenvalue weighted by atomic mass is 32.2. The highest BCUT2D eigenvalue weighted by Gasteiger charge is 2.25. The predicted octanol–water partition coefficient (Wildman–Crippen LogP) is 4.11. The number of thioether (sulfide) groups is 1. The Kier molecular flexibility index (Phi) is 8.04. The maximum atomic E-state index is 13.3. The van der Waals surface area contributed by atoms with Crippen molar-refractivity contribution in [2.75, 3.05) is 24.3 Å². The summed E-state index contributed by atoms with van der Waals surface area (Å²) in [6, 6.07) is 16.5. The molecule has 0 fully saturated rings. The molecule has 166 valence electrons. The van der Waals surface area contributed by atoms with Crippen LogP contribution in [0.3, 0.4) is 0 Å². The molecule has 0 aliphatic rings. The molecule has 1 amide bonds. The first-order valence-corrected chi connectivity index (χ1v) is 10.9. The van der Waals surface area contributed by atoms with Crippen LogP contribution in [0.1, 0.15) is 35.0 Å². The van der Waals surface area contributed by atoms with Crippen LogP contribution < -0.4 is 15.8 Å². The number of nitrogens with two attached hydrogens (primary N) is 1. The molecule has 1 atom stereocenters. The van der Waals surface area contributed by atoms with Crippen LogP contribution >= 0.6 is 11.8 Å². The third-order valence-corrected chi connectivity index (χ3v) is 5.43. The van der Waals surface area contributed by atoms with Crippen molar-refractivity contribution in [2.45, 2.75) is 24.3 Å². The number of nitrogen functional groups attached to an aromatic ring is 1. The molecule has 3 aromatic rings. The molecule has 0 saturated carbocycles. The van der Waals surface area contributed by atoms with E-state index in [0.29, 0.717) is 18.0 Å². The minimum Gasteiger partial charge on any atom is -0.492 e. The van der Waals surface area contributed by atoms with Crippen LogP contribution in [0.15, 0.2) is 66.0 Å². The van der Waals surface area contributed by atoms with Gasteiger partial charge in [-0.2, -0.15) is 0 Å². The summed E-state index contributed by atoms with van der Waals surface area (Å²) in [5.74, 6) is -0.286. The second-order valence-corrected chi connectivity index (χ2v) is 7.57. The van der Waals surface area contributed by atoms with Gasteiger partial charge in [0.2, 0.25) is 5.91 Å². The summed E-state index contributed by atoms with van der Waals surface area (Å²) >= 11 is 1.13. The van der Waals surface area contributed by atoms with E-state index in [0.717, 1.165) is 17.3 Å². The van der Waals surface area contributed by atoms with Crippen molar-refractivity contribution in [2.24, 2.45) is 0 Å². The topological polar surface area (TPSA) is 116 Å². The molecule has 8 nitrogen and oxygen atoms in total. The van der Waals surface area contributed by atoms with Crippen LogP contribution in [0.4, 0.5) is 11.5 Å². The molecule has 3 N–H and O–H groups in total. The molecule has 1 heterocycles. The van der Waals surface area contributed by atoms with E-state index < -0.39 is 11.2 Å². The number of anilines is 2. The van der Waals surface area contributed by atoms with Gasteiger partial charge in [0.1, 0.15) is 22.4 Å². The fourth-order valence-electron chi connectivity index (χ4n) is 2.86. The smallest absolute Gasteiger partial charge is 0.343 e. The van der Waals surface area contributed by atoms with Crippen molar-refractivity contribution >= 4 is 35.1 Å². The average molecular weight is 453 g/mol. The number of hydrogen-bond acceptors (Lipinski definition) is 8. The molecule has 1 unspecified atom stereocenters. The molecule has 0 radical (unpaired) electrons. The first kappa shape index (κ1) is 23.1. The first-order valence-electron chi connectivity index (χ1n) is 10.1. The van der Waals surface area contributed by atoms with Gasteiger partial charge in [-0.25, -0.2) is 14.8 Å². The minimum absolute atomic E-state index is 0.00476. The number of ether oxygens (including phenoxy) is 2. The largest absolute Gasteiger partial charge is 0.492 e. The van der Waals surface area contributed by atoms with E-state index >= 15 is 0 Å². The van der Waals surface area contributed by atoms with Crippen molar-refractivity contribution in [3.8, 4) is 5.75 Å². The number of amides is 1. The van der Waals surface area contributed by atoms with Gasteiger partial charge in [-0.1, -0.05) is 54.2 Å². The Balaban J connectivity index is 1.87. The van der Waals surface area contributed by atoms with E-state index in [4.69, 9.17) is 15.2 Å². The summed E-state index contributed by atoms with van der Waals surface area (Å²) < 4.78 is 10.6. The van der Waals surface area contributed by atoms with Crippen molar-refractivity contribution in [1.29, 1.82) is 0 Å². The van der Waals surface area contributed by atoms with Crippen LogP contribution in [-0.4, -0.2) is 35.1 Å². The minimum atomic E-state index is -0.668. The first-order chi connectivity index (χ1) is 15.5. The van der Waals surface area contributed by atoms with E-state index in [1.165, 1.54) is 6.20 Å². The standard InChI is InChI=1S/C23H24N4O4S/c1-3-30-18-13-9-8-12-17(18)26-21(28)19(15-10-6-5-7-11-15)32-23-25-14-16(20(24)27-23)22(29)31-4-2/h5-14,19H,3-4H2,1-2H3,(H,26,28)(H2,24,25,27). The molecular formula is C23H24N4O4S. The summed E-state index contributed by atoms with van der Waals surface area (Å²) in [6.45, 7) is 4.27. The fraction of sp³-hybridized carbons (Fsp3) is 0.217. The van der Waals surface area contributed by atoms with Crippen LogP contribution in [0.25, 0.3) is 0 Å². The summed E-state index contributed by atoms with van der Waals surface area (Å²) in [5.41, 5.74) is 7.36. The molecule has 0 aliphatic heterocycles. The molecule has 3 rings (SSSR count). The van der Waals surface area contributed by atoms with E-state index in [1.807, 2.05) is 49.4 Å². The van der Waals surface area contributed by atoms with Gasteiger partial charge in [-0.3, -0.25) is 4.79 Å². The normalized spacial score (nSPS) is 11.4. The van der Waals surface area contributed by atoms with Crippen molar-refractivity contribution in [3.05, 3.63) is 71.9 Å². The highest BCUT2D eigenvalue weighted by molar-refractivity contribution is 8.00. The molecule has 32 heavy (non-hydrogen) atoms. The van der Waals surface area contributed by atoms with Gasteiger partial charge in [0.25, 0.3) is 0 Å². The zero-order valence-electron chi connectivity index (χ0n) is 17.8. The number of nitrogens with zero attached hydrogens (tertiary/aromatic N) is 2. The Hall–Kier alpha value is -3.59. The summed E-state index contributed by atoms with van der Waals surface area (Å²) in [7, 11) is 0. The quantitative estimate of drug-likeness (QED) is 0.283. The van der Waals surface area contributed by atoms with Crippen LogP contribution in [0, 0.1) is 0 Å². The Morgan fingerprint density at radius 2 is 1.78 bits per heavy atom. The molecule has 9 heteroatoms. The Labute approximate surface area is 190 Å². The zero-order chi connectivity index (χ0) is 22.9. The van der Waals surface area contributed by atoms with E-state index in [1.54, 1.807) is 19.1 Å². The second kappa shape index (κ2) is 11.1. The van der Waals surface area contributed by atoms with Gasteiger partial charge in [0.15, 0.2) is 5.16 Å². The molecule has 2 aromatic carbocycles. The van der Waals surface area contributed by atoms with Gasteiger partial charge < -0.3 is 20.5 Å². The number of nitrogens with one attached hydrogen (secondary N) is 1. The lowest BCUT2D eigenvalue weighted by molar-refractivity contribution is -0.115. The number of carbonyl (C=O) groups is 2. The lowest BCUT2D eigenvalue weighted by Crippen LogP contribution is -2.20. The highest BCUT2D eigenvalue weighted by Crippen LogP contribution is 2.36. The van der Waals surface area contributed by atoms with Gasteiger partial charge >= 0.3 is 5.97 Å². The van der Waals surface area contributed by atoms with Gasteiger partial charge in [0.05, 0.1) is 18.9 Å². The van der Waals surface area contributed by atoms with E-state index in [9.17, 15) is 9.59 Å². The van der Waals surface area contributed by atoms with Gasteiger partial charge in [0, 0.05) is 6.20 Å². The lowest BCUT2D eigenvalue weighted by atomic mass is 10.1. The summed E-state index contributed by atoms with van der Waals surface area (Å²) in [6.07, 6.45) is 1.31. The number of esters is 1. The number of carbonyl (C=O) groups excluding carboxylic acids is 2. The summed E-state index contributed by atoms with van der Waals surface area (Å²) in [4.78, 5) is 33.6. The van der Waals surface area contributed by atoms with Crippen molar-refractivity contribution in [3.63, 3.8) is 0 Å². The maximum Gasteiger partial charge on any atom is 0.343 e. The van der Waals surface area contributed by atoms with Crippen LogP contribution in [0.5, 0.6) is 5.75 Å². The monoisotopic (exact) mass is 452 g/mol. The van der Waals surface area contributed by atoms with E-state index in [2.05, 4.69) is 15.3 Å².